The number of hydrogen-bond acceptors (Lipinski definition) is 2. The van der Waals surface area contributed by atoms with E-state index in [1.807, 2.05) is 51.1 Å². The summed E-state index contributed by atoms with van der Waals surface area (Å²) in [5.41, 5.74) is 3.37. The summed E-state index contributed by atoms with van der Waals surface area (Å²) in [4.78, 5) is 12.1. The van der Waals surface area contributed by atoms with Gasteiger partial charge in [-0.3, -0.25) is 9.89 Å². The first-order valence-electron chi connectivity index (χ1n) is 5.97. The normalized spacial score (nSPS) is 12.2. The number of amides is 1. The van der Waals surface area contributed by atoms with E-state index in [1.54, 1.807) is 0 Å². The van der Waals surface area contributed by atoms with Crippen molar-refractivity contribution in [1.82, 2.24) is 15.5 Å². The molecule has 4 nitrogen and oxygen atoms in total. The smallest absolute Gasteiger partial charge is 0.272 e. The topological polar surface area (TPSA) is 57.8 Å². The number of benzene rings is 1. The lowest BCUT2D eigenvalue weighted by atomic mass is 10.1. The number of hydrogen-bond donors (Lipinski definition) is 2. The van der Waals surface area contributed by atoms with Crippen molar-refractivity contribution in [2.24, 2.45) is 0 Å². The van der Waals surface area contributed by atoms with Gasteiger partial charge in [-0.05, 0) is 26.3 Å². The first-order chi connectivity index (χ1) is 8.59. The number of nitrogens with one attached hydrogen (secondary N) is 2. The maximum Gasteiger partial charge on any atom is 0.272 e. The van der Waals surface area contributed by atoms with Gasteiger partial charge in [0.05, 0.1) is 6.04 Å². The summed E-state index contributed by atoms with van der Waals surface area (Å²) in [6.45, 7) is 5.75. The van der Waals surface area contributed by atoms with Crippen LogP contribution in [0.1, 0.15) is 40.3 Å². The van der Waals surface area contributed by atoms with Crippen LogP contribution in [0.15, 0.2) is 30.3 Å². The minimum atomic E-state index is -0.145. The van der Waals surface area contributed by atoms with Crippen LogP contribution in [-0.4, -0.2) is 16.1 Å². The van der Waals surface area contributed by atoms with E-state index in [2.05, 4.69) is 15.5 Å². The van der Waals surface area contributed by atoms with E-state index >= 15 is 0 Å². The molecule has 1 aromatic heterocycles. The minimum absolute atomic E-state index is 0.0323. The quantitative estimate of drug-likeness (QED) is 0.870. The highest BCUT2D eigenvalue weighted by molar-refractivity contribution is 5.94. The van der Waals surface area contributed by atoms with Crippen molar-refractivity contribution in [3.05, 3.63) is 52.8 Å². The Bertz CT molecular complexity index is 545. The van der Waals surface area contributed by atoms with E-state index in [0.29, 0.717) is 5.69 Å². The summed E-state index contributed by atoms with van der Waals surface area (Å²) in [5, 5.41) is 9.79. The zero-order valence-electron chi connectivity index (χ0n) is 10.8. The van der Waals surface area contributed by atoms with Crippen molar-refractivity contribution in [2.75, 3.05) is 0 Å². The molecule has 1 unspecified atom stereocenters. The molecule has 4 heteroatoms. The number of H-pyrrole nitrogens is 1. The first-order valence-corrected chi connectivity index (χ1v) is 5.97. The summed E-state index contributed by atoms with van der Waals surface area (Å²) < 4.78 is 0. The number of carbonyl (C=O) groups excluding carboxylic acids is 1. The van der Waals surface area contributed by atoms with Gasteiger partial charge in [-0.25, -0.2) is 0 Å². The number of aryl methyl sites for hydroxylation is 1. The van der Waals surface area contributed by atoms with E-state index in [1.165, 1.54) is 0 Å². The monoisotopic (exact) mass is 243 g/mol. The van der Waals surface area contributed by atoms with Crippen molar-refractivity contribution >= 4 is 5.91 Å². The summed E-state index contributed by atoms with van der Waals surface area (Å²) >= 11 is 0. The number of aromatic nitrogens is 2. The van der Waals surface area contributed by atoms with Gasteiger partial charge in [0.1, 0.15) is 0 Å². The minimum Gasteiger partial charge on any atom is -0.344 e. The summed E-state index contributed by atoms with van der Waals surface area (Å²) in [7, 11) is 0. The number of nitrogens with zero attached hydrogens (tertiary/aromatic N) is 1. The van der Waals surface area contributed by atoms with Crippen molar-refractivity contribution in [1.29, 1.82) is 0 Å². The van der Waals surface area contributed by atoms with Crippen LogP contribution in [0.2, 0.25) is 0 Å². The van der Waals surface area contributed by atoms with Gasteiger partial charge < -0.3 is 5.32 Å². The number of aromatic amines is 1. The molecule has 18 heavy (non-hydrogen) atoms. The third-order valence-corrected chi connectivity index (χ3v) is 3.12. The van der Waals surface area contributed by atoms with E-state index < -0.39 is 0 Å². The fraction of sp³-hybridized carbons (Fsp3) is 0.286. The van der Waals surface area contributed by atoms with Crippen LogP contribution in [0, 0.1) is 13.8 Å². The van der Waals surface area contributed by atoms with Gasteiger partial charge in [0, 0.05) is 11.3 Å². The Labute approximate surface area is 106 Å². The van der Waals surface area contributed by atoms with Crippen LogP contribution in [0.25, 0.3) is 0 Å². The number of carbonyl (C=O) groups is 1. The molecule has 2 aromatic rings. The molecular formula is C14H17N3O. The van der Waals surface area contributed by atoms with Crippen LogP contribution < -0.4 is 5.32 Å². The molecule has 0 radical (unpaired) electrons. The second kappa shape index (κ2) is 5.04. The fourth-order valence-corrected chi connectivity index (χ4v) is 1.80. The SMILES string of the molecule is Cc1[nH]nc(C(=O)NC(C)c2ccccc2)c1C. The van der Waals surface area contributed by atoms with Crippen LogP contribution in [0.4, 0.5) is 0 Å². The van der Waals surface area contributed by atoms with Gasteiger partial charge in [-0.2, -0.15) is 5.10 Å². The molecule has 0 aliphatic rings. The average Bonchev–Trinajstić information content (AvgIpc) is 2.71. The molecule has 0 aliphatic carbocycles. The van der Waals surface area contributed by atoms with Gasteiger partial charge in [0.25, 0.3) is 5.91 Å². The highest BCUT2D eigenvalue weighted by atomic mass is 16.2. The lowest BCUT2D eigenvalue weighted by molar-refractivity contribution is 0.0934. The molecule has 2 N–H and O–H groups in total. The Kier molecular flexibility index (Phi) is 3.46. The highest BCUT2D eigenvalue weighted by Gasteiger charge is 2.16. The number of rotatable bonds is 3. The largest absolute Gasteiger partial charge is 0.344 e. The maximum absolute atomic E-state index is 12.1. The summed E-state index contributed by atoms with van der Waals surface area (Å²) in [5.74, 6) is -0.145. The Hall–Kier alpha value is -2.10. The Morgan fingerprint density at radius 1 is 1.28 bits per heavy atom. The fourth-order valence-electron chi connectivity index (χ4n) is 1.80. The van der Waals surface area contributed by atoms with E-state index in [9.17, 15) is 4.79 Å². The Balaban J connectivity index is 2.11. The molecule has 1 heterocycles. The predicted octanol–water partition coefficient (Wildman–Crippen LogP) is 2.52. The van der Waals surface area contributed by atoms with E-state index in [0.717, 1.165) is 16.8 Å². The predicted molar refractivity (Wildman–Crippen MR) is 70.4 cm³/mol. The van der Waals surface area contributed by atoms with Crippen LogP contribution in [-0.2, 0) is 0 Å². The zero-order chi connectivity index (χ0) is 13.1. The van der Waals surface area contributed by atoms with E-state index in [-0.39, 0.29) is 11.9 Å². The Morgan fingerprint density at radius 2 is 1.94 bits per heavy atom. The molecule has 1 amide bonds. The molecule has 0 bridgehead atoms. The van der Waals surface area contributed by atoms with Crippen LogP contribution in [0.5, 0.6) is 0 Å². The maximum atomic E-state index is 12.1. The standard InChI is InChI=1S/C14H17N3O/c1-9-10(2)16-17-13(9)14(18)15-11(3)12-7-5-4-6-8-12/h4-8,11H,1-3H3,(H,15,18)(H,16,17). The lowest BCUT2D eigenvalue weighted by Gasteiger charge is -2.13. The van der Waals surface area contributed by atoms with Crippen molar-refractivity contribution < 1.29 is 4.79 Å². The average molecular weight is 243 g/mol. The lowest BCUT2D eigenvalue weighted by Crippen LogP contribution is -2.27. The molecule has 2 rings (SSSR count). The molecule has 0 fully saturated rings. The molecular weight excluding hydrogens is 226 g/mol. The van der Waals surface area contributed by atoms with Crippen LogP contribution >= 0.6 is 0 Å². The van der Waals surface area contributed by atoms with Crippen molar-refractivity contribution in [3.8, 4) is 0 Å². The van der Waals surface area contributed by atoms with Gasteiger partial charge in [0.2, 0.25) is 0 Å². The zero-order valence-corrected chi connectivity index (χ0v) is 10.8. The van der Waals surface area contributed by atoms with Gasteiger partial charge >= 0.3 is 0 Å². The van der Waals surface area contributed by atoms with Crippen molar-refractivity contribution in [2.45, 2.75) is 26.8 Å². The van der Waals surface area contributed by atoms with E-state index in [4.69, 9.17) is 0 Å². The molecule has 1 atom stereocenters. The highest BCUT2D eigenvalue weighted by Crippen LogP contribution is 2.14. The van der Waals surface area contributed by atoms with Crippen molar-refractivity contribution in [3.63, 3.8) is 0 Å². The molecule has 0 saturated heterocycles. The molecule has 94 valence electrons. The van der Waals surface area contributed by atoms with Gasteiger partial charge in [-0.1, -0.05) is 30.3 Å². The summed E-state index contributed by atoms with van der Waals surface area (Å²) in [6.07, 6.45) is 0. The molecule has 1 aromatic carbocycles. The first kappa shape index (κ1) is 12.4. The van der Waals surface area contributed by atoms with Gasteiger partial charge in [0.15, 0.2) is 5.69 Å². The molecule has 0 spiro atoms. The third kappa shape index (κ3) is 2.42. The molecule has 0 saturated carbocycles. The van der Waals surface area contributed by atoms with Gasteiger partial charge in [-0.15, -0.1) is 0 Å². The second-order valence-corrected chi connectivity index (χ2v) is 4.43. The third-order valence-electron chi connectivity index (χ3n) is 3.12. The summed E-state index contributed by atoms with van der Waals surface area (Å²) in [6, 6.07) is 9.83. The molecule has 0 aliphatic heterocycles. The van der Waals surface area contributed by atoms with Crippen LogP contribution in [0.3, 0.4) is 0 Å². The second-order valence-electron chi connectivity index (χ2n) is 4.43. The Morgan fingerprint density at radius 3 is 2.50 bits per heavy atom.